The summed E-state index contributed by atoms with van der Waals surface area (Å²) in [5.41, 5.74) is 4.11. The van der Waals surface area contributed by atoms with Crippen molar-refractivity contribution in [2.45, 2.75) is 31.3 Å². The molecule has 2 aromatic carbocycles. The third-order valence-electron chi connectivity index (χ3n) is 7.93. The largest absolute Gasteiger partial charge is 0.336 e. The molecule has 2 saturated heterocycles. The quantitative estimate of drug-likeness (QED) is 0.425. The molecule has 0 spiro atoms. The minimum Gasteiger partial charge on any atom is -0.336 e. The molecule has 2 fully saturated rings. The highest BCUT2D eigenvalue weighted by Crippen LogP contribution is 2.41. The molecule has 10 heteroatoms. The zero-order chi connectivity index (χ0) is 28.1. The van der Waals surface area contributed by atoms with Crippen LogP contribution in [0.2, 0.25) is 0 Å². The molecule has 41 heavy (non-hydrogen) atoms. The summed E-state index contributed by atoms with van der Waals surface area (Å²) in [5.74, 6) is -1.01. The number of rotatable bonds is 4. The van der Waals surface area contributed by atoms with Crippen molar-refractivity contribution in [3.05, 3.63) is 107 Å². The lowest BCUT2D eigenvalue weighted by Crippen LogP contribution is -2.53. The van der Waals surface area contributed by atoms with Gasteiger partial charge in [0.25, 0.3) is 5.91 Å². The SMILES string of the molecule is O=C(c1ccc(Nc2ncc3c(n2)C2=CN=C(Cl)C=C(c4c(F)cccc4F)C2=CC3)cc1)N1CC2CCC(C1)N2. The summed E-state index contributed by atoms with van der Waals surface area (Å²) in [6.45, 7) is 1.47. The van der Waals surface area contributed by atoms with E-state index in [1.165, 1.54) is 24.3 Å². The number of nitrogens with one attached hydrogen (secondary N) is 2. The predicted octanol–water partition coefficient (Wildman–Crippen LogP) is 5.63. The van der Waals surface area contributed by atoms with E-state index in [0.717, 1.165) is 37.2 Å². The Labute approximate surface area is 240 Å². The standard InChI is InChI=1S/C31H25ClF2N6O/c32-27-12-23(28-25(33)2-1-3-26(28)34)22-11-6-18-13-36-31(39-29(18)24(22)14-35-27)38-19-7-4-17(5-8-19)30(41)40-15-20-9-10-21(16-40)37-20/h1-5,7-8,11-14,20-21,37H,6,9-10,15-16H2,(H,36,38,39). The summed E-state index contributed by atoms with van der Waals surface area (Å²) in [7, 11) is 0. The van der Waals surface area contributed by atoms with Crippen LogP contribution < -0.4 is 10.6 Å². The lowest BCUT2D eigenvalue weighted by Gasteiger charge is -2.33. The number of carbonyl (C=O) groups is 1. The highest BCUT2D eigenvalue weighted by molar-refractivity contribution is 6.69. The zero-order valence-electron chi connectivity index (χ0n) is 21.9. The smallest absolute Gasteiger partial charge is 0.253 e. The lowest BCUT2D eigenvalue weighted by atomic mass is 9.84. The van der Waals surface area contributed by atoms with Crippen LogP contribution in [-0.4, -0.2) is 51.1 Å². The first kappa shape index (κ1) is 25.7. The van der Waals surface area contributed by atoms with Crippen LogP contribution >= 0.6 is 11.6 Å². The Morgan fingerprint density at radius 2 is 1.73 bits per heavy atom. The first-order valence-electron chi connectivity index (χ1n) is 13.5. The van der Waals surface area contributed by atoms with E-state index in [0.29, 0.717) is 52.4 Å². The second-order valence-corrected chi connectivity index (χ2v) is 11.0. The van der Waals surface area contributed by atoms with Crippen molar-refractivity contribution in [2.24, 2.45) is 4.99 Å². The number of likely N-dealkylation sites (tertiary alicyclic amines) is 1. The highest BCUT2D eigenvalue weighted by atomic mass is 35.5. The lowest BCUT2D eigenvalue weighted by molar-refractivity contribution is 0.0697. The normalized spacial score (nSPS) is 21.1. The van der Waals surface area contributed by atoms with Gasteiger partial charge in [0.05, 0.1) is 11.3 Å². The van der Waals surface area contributed by atoms with Crippen LogP contribution in [0, 0.1) is 11.6 Å². The van der Waals surface area contributed by atoms with E-state index in [1.54, 1.807) is 24.5 Å². The van der Waals surface area contributed by atoms with Gasteiger partial charge in [-0.05, 0) is 72.9 Å². The number of anilines is 2. The average molecular weight is 571 g/mol. The minimum absolute atomic E-state index is 0.0361. The molecular weight excluding hydrogens is 546 g/mol. The van der Waals surface area contributed by atoms with Crippen molar-refractivity contribution in [3.63, 3.8) is 0 Å². The van der Waals surface area contributed by atoms with Crippen molar-refractivity contribution < 1.29 is 13.6 Å². The molecule has 2 atom stereocenters. The summed E-state index contributed by atoms with van der Waals surface area (Å²) in [4.78, 5) is 28.5. The fourth-order valence-electron chi connectivity index (χ4n) is 5.98. The number of piperazine rings is 1. The van der Waals surface area contributed by atoms with E-state index in [1.807, 2.05) is 23.1 Å². The number of hydrogen-bond acceptors (Lipinski definition) is 6. The van der Waals surface area contributed by atoms with Gasteiger partial charge in [-0.15, -0.1) is 0 Å². The summed E-state index contributed by atoms with van der Waals surface area (Å²) in [6, 6.07) is 11.8. The maximum absolute atomic E-state index is 14.8. The van der Waals surface area contributed by atoms with Crippen molar-refractivity contribution >= 4 is 45.5 Å². The zero-order valence-corrected chi connectivity index (χ0v) is 22.6. The molecule has 2 N–H and O–H groups in total. The van der Waals surface area contributed by atoms with Crippen molar-refractivity contribution in [1.29, 1.82) is 0 Å². The maximum Gasteiger partial charge on any atom is 0.253 e. The highest BCUT2D eigenvalue weighted by Gasteiger charge is 2.34. The van der Waals surface area contributed by atoms with E-state index in [4.69, 9.17) is 16.6 Å². The number of halogens is 3. The number of fused-ring (bicyclic) bond motifs is 5. The van der Waals surface area contributed by atoms with Crippen LogP contribution in [-0.2, 0) is 6.42 Å². The summed E-state index contributed by atoms with van der Waals surface area (Å²) < 4.78 is 29.6. The van der Waals surface area contributed by atoms with Crippen LogP contribution in [0.5, 0.6) is 0 Å². The summed E-state index contributed by atoms with van der Waals surface area (Å²) in [6.07, 6.45) is 9.34. The van der Waals surface area contributed by atoms with Gasteiger partial charge in [0, 0.05) is 60.0 Å². The third kappa shape index (κ3) is 4.85. The first-order chi connectivity index (χ1) is 19.9. The molecule has 4 aliphatic rings. The molecule has 1 aromatic heterocycles. The number of aliphatic imine (C=N–C) groups is 1. The molecule has 2 bridgehead atoms. The second kappa shape index (κ2) is 10.3. The van der Waals surface area contributed by atoms with E-state index in [2.05, 4.69) is 20.6 Å². The van der Waals surface area contributed by atoms with E-state index >= 15 is 0 Å². The molecule has 206 valence electrons. The average Bonchev–Trinajstić information content (AvgIpc) is 3.22. The molecule has 1 amide bonds. The number of nitrogens with zero attached hydrogens (tertiary/aromatic N) is 4. The van der Waals surface area contributed by atoms with Gasteiger partial charge in [0.2, 0.25) is 5.95 Å². The molecule has 7 nitrogen and oxygen atoms in total. The molecule has 3 aliphatic heterocycles. The molecule has 1 aliphatic carbocycles. The van der Waals surface area contributed by atoms with Gasteiger partial charge >= 0.3 is 0 Å². The summed E-state index contributed by atoms with van der Waals surface area (Å²) >= 11 is 6.28. The van der Waals surface area contributed by atoms with Crippen LogP contribution in [0.3, 0.4) is 0 Å². The Morgan fingerprint density at radius 3 is 2.46 bits per heavy atom. The van der Waals surface area contributed by atoms with Gasteiger partial charge in [-0.25, -0.2) is 23.7 Å². The van der Waals surface area contributed by atoms with Gasteiger partial charge in [0.1, 0.15) is 16.8 Å². The monoisotopic (exact) mass is 570 g/mol. The Morgan fingerprint density at radius 1 is 1.00 bits per heavy atom. The summed E-state index contributed by atoms with van der Waals surface area (Å²) in [5, 5.41) is 6.85. The van der Waals surface area contributed by atoms with Crippen LogP contribution in [0.25, 0.3) is 11.1 Å². The number of allylic oxidation sites excluding steroid dienone is 5. The van der Waals surface area contributed by atoms with Crippen LogP contribution in [0.15, 0.2) is 77.6 Å². The third-order valence-corrected chi connectivity index (χ3v) is 8.14. The number of aromatic nitrogens is 2. The van der Waals surface area contributed by atoms with Gasteiger partial charge in [-0.1, -0.05) is 23.7 Å². The van der Waals surface area contributed by atoms with Crippen LogP contribution in [0.4, 0.5) is 20.4 Å². The van der Waals surface area contributed by atoms with E-state index in [9.17, 15) is 13.6 Å². The molecule has 3 aromatic rings. The Kier molecular flexibility index (Phi) is 6.48. The van der Waals surface area contributed by atoms with Crippen molar-refractivity contribution in [1.82, 2.24) is 20.2 Å². The first-order valence-corrected chi connectivity index (χ1v) is 13.9. The second-order valence-electron chi connectivity index (χ2n) is 10.6. The molecule has 2 unspecified atom stereocenters. The molecule has 4 heterocycles. The molecule has 0 radical (unpaired) electrons. The number of benzene rings is 2. The number of hydrogen-bond donors (Lipinski definition) is 2. The van der Waals surface area contributed by atoms with Gasteiger partial charge in [-0.2, -0.15) is 0 Å². The Bertz CT molecular complexity index is 1660. The van der Waals surface area contributed by atoms with E-state index in [-0.39, 0.29) is 16.6 Å². The number of amides is 1. The predicted molar refractivity (Wildman–Crippen MR) is 155 cm³/mol. The van der Waals surface area contributed by atoms with Crippen molar-refractivity contribution in [2.75, 3.05) is 18.4 Å². The molecule has 7 rings (SSSR count). The minimum atomic E-state index is -0.690. The van der Waals surface area contributed by atoms with Crippen molar-refractivity contribution in [3.8, 4) is 0 Å². The van der Waals surface area contributed by atoms with E-state index < -0.39 is 11.6 Å². The fraction of sp³-hybridized carbons (Fsp3) is 0.226. The van der Waals surface area contributed by atoms with Crippen LogP contribution in [0.1, 0.15) is 40.0 Å². The molecule has 0 saturated carbocycles. The Hall–Kier alpha value is -4.21. The molecular formula is C31H25ClF2N6O. The maximum atomic E-state index is 14.8. The fourth-order valence-corrected chi connectivity index (χ4v) is 6.14. The Balaban J connectivity index is 1.14. The van der Waals surface area contributed by atoms with Gasteiger partial charge in [0.15, 0.2) is 0 Å². The number of carbonyl (C=O) groups excluding carboxylic acids is 1. The topological polar surface area (TPSA) is 82.5 Å². The van der Waals surface area contributed by atoms with Gasteiger partial charge in [-0.3, -0.25) is 4.79 Å². The van der Waals surface area contributed by atoms with Gasteiger partial charge < -0.3 is 15.5 Å².